The third-order valence-corrected chi connectivity index (χ3v) is 7.77. The Morgan fingerprint density at radius 3 is 2.66 bits per heavy atom. The molecule has 3 aromatic rings. The van der Waals surface area contributed by atoms with Crippen LogP contribution in [0.3, 0.4) is 0 Å². The maximum absolute atomic E-state index is 15.3. The van der Waals surface area contributed by atoms with Crippen molar-refractivity contribution in [3.8, 4) is 0 Å². The van der Waals surface area contributed by atoms with E-state index in [0.717, 1.165) is 5.69 Å². The quantitative estimate of drug-likeness (QED) is 0.236. The molecule has 2 aromatic heterocycles. The maximum atomic E-state index is 15.3. The van der Waals surface area contributed by atoms with Crippen LogP contribution in [0.25, 0.3) is 0 Å². The minimum absolute atomic E-state index is 0.0563. The van der Waals surface area contributed by atoms with Gasteiger partial charge in [-0.25, -0.2) is 13.8 Å². The lowest BCUT2D eigenvalue weighted by Crippen LogP contribution is -2.51. The highest BCUT2D eigenvalue weighted by Gasteiger charge is 2.44. The van der Waals surface area contributed by atoms with E-state index in [0.29, 0.717) is 48.6 Å². The first-order valence-electron chi connectivity index (χ1n) is 12.4. The number of H-pyrrole nitrogens is 1. The smallest absolute Gasteiger partial charge is 0.176 e. The largest absolute Gasteiger partial charge is 0.368 e. The summed E-state index contributed by atoms with van der Waals surface area (Å²) < 4.78 is 29.9. The number of halogens is 3. The van der Waals surface area contributed by atoms with Gasteiger partial charge >= 0.3 is 0 Å². The minimum atomic E-state index is -1.69. The Balaban J connectivity index is 1.64. The highest BCUT2D eigenvalue weighted by Crippen LogP contribution is 2.42. The number of Topliss-reactive ketones (excluding diaryl/α,β-unsaturated/α-hetero) is 1. The predicted molar refractivity (Wildman–Crippen MR) is 140 cm³/mol. The Hall–Kier alpha value is -2.92. The Morgan fingerprint density at radius 1 is 1.32 bits per heavy atom. The summed E-state index contributed by atoms with van der Waals surface area (Å²) in [6, 6.07) is 6.41. The SMILES string of the molecule is CC(=O)c1c(C)c(C[C@@]2(C(O)O)CCN(Cc3cccc(Cl)c3F)[C@H](C)C2)nc(Nc2cc(C)[nH]n2)c1F. The van der Waals surface area contributed by atoms with Crippen LogP contribution in [0.5, 0.6) is 0 Å². The number of ketones is 1. The zero-order chi connectivity index (χ0) is 27.8. The number of hydrogen-bond acceptors (Lipinski definition) is 7. The summed E-state index contributed by atoms with van der Waals surface area (Å²) in [5.74, 6) is -1.53. The summed E-state index contributed by atoms with van der Waals surface area (Å²) in [4.78, 5) is 19.0. The van der Waals surface area contributed by atoms with Crippen LogP contribution in [0.4, 0.5) is 20.4 Å². The van der Waals surface area contributed by atoms with Gasteiger partial charge in [-0.05, 0) is 58.7 Å². The lowest BCUT2D eigenvalue weighted by atomic mass is 9.71. The van der Waals surface area contributed by atoms with Crippen LogP contribution in [-0.4, -0.2) is 55.0 Å². The molecule has 4 N–H and O–H groups in total. The predicted octanol–water partition coefficient (Wildman–Crippen LogP) is 4.82. The van der Waals surface area contributed by atoms with Crippen molar-refractivity contribution < 1.29 is 23.8 Å². The fourth-order valence-corrected chi connectivity index (χ4v) is 5.52. The number of carbonyl (C=O) groups is 1. The number of aryl methyl sites for hydroxylation is 1. The summed E-state index contributed by atoms with van der Waals surface area (Å²) in [7, 11) is 0. The van der Waals surface area contributed by atoms with Crippen molar-refractivity contribution in [1.82, 2.24) is 20.1 Å². The van der Waals surface area contributed by atoms with Gasteiger partial charge < -0.3 is 15.5 Å². The number of nitrogens with one attached hydrogen (secondary N) is 2. The molecular formula is C27H32ClF2N5O3. The fraction of sp³-hybridized carbons (Fsp3) is 0.444. The number of aliphatic hydroxyl groups excluding tert-OH is 1. The first-order valence-corrected chi connectivity index (χ1v) is 12.8. The molecular weight excluding hydrogens is 516 g/mol. The van der Waals surface area contributed by atoms with Crippen molar-refractivity contribution in [2.45, 2.75) is 65.8 Å². The van der Waals surface area contributed by atoms with E-state index in [-0.39, 0.29) is 28.9 Å². The van der Waals surface area contributed by atoms with Crippen LogP contribution in [0, 0.1) is 30.9 Å². The van der Waals surface area contributed by atoms with E-state index >= 15 is 4.39 Å². The van der Waals surface area contributed by atoms with Crippen LogP contribution in [-0.2, 0) is 13.0 Å². The number of nitrogens with zero attached hydrogens (tertiary/aromatic N) is 3. The highest BCUT2D eigenvalue weighted by molar-refractivity contribution is 6.30. The Morgan fingerprint density at radius 2 is 2.05 bits per heavy atom. The molecule has 8 nitrogen and oxygen atoms in total. The monoisotopic (exact) mass is 547 g/mol. The Labute approximate surface area is 225 Å². The molecule has 4 rings (SSSR count). The number of likely N-dealkylation sites (tertiary alicyclic amines) is 1. The second-order valence-electron chi connectivity index (χ2n) is 10.2. The Bertz CT molecular complexity index is 1350. The fourth-order valence-electron chi connectivity index (χ4n) is 5.32. The number of pyridine rings is 1. The van der Waals surface area contributed by atoms with Gasteiger partial charge in [0.05, 0.1) is 10.6 Å². The maximum Gasteiger partial charge on any atom is 0.176 e. The van der Waals surface area contributed by atoms with Gasteiger partial charge in [-0.3, -0.25) is 14.8 Å². The molecule has 0 saturated carbocycles. The molecule has 1 saturated heterocycles. The van der Waals surface area contributed by atoms with Crippen molar-refractivity contribution in [3.63, 3.8) is 0 Å². The average Bonchev–Trinajstić information content (AvgIpc) is 3.26. The van der Waals surface area contributed by atoms with Gasteiger partial charge in [0.2, 0.25) is 0 Å². The highest BCUT2D eigenvalue weighted by atomic mass is 35.5. The molecule has 1 aliphatic heterocycles. The number of anilines is 2. The number of aliphatic hydroxyl groups is 2. The van der Waals surface area contributed by atoms with Crippen molar-refractivity contribution >= 4 is 29.0 Å². The summed E-state index contributed by atoms with van der Waals surface area (Å²) in [6.07, 6.45) is -0.851. The number of benzene rings is 1. The van der Waals surface area contributed by atoms with Crippen molar-refractivity contribution in [1.29, 1.82) is 0 Å². The second kappa shape index (κ2) is 11.1. The Kier molecular flexibility index (Phi) is 8.17. The molecule has 0 spiro atoms. The number of rotatable bonds is 8. The van der Waals surface area contributed by atoms with Crippen LogP contribution < -0.4 is 5.32 Å². The minimum Gasteiger partial charge on any atom is -0.368 e. The molecule has 0 unspecified atom stereocenters. The van der Waals surface area contributed by atoms with Gasteiger partial charge in [0.15, 0.2) is 29.5 Å². The van der Waals surface area contributed by atoms with Crippen LogP contribution in [0.15, 0.2) is 24.3 Å². The van der Waals surface area contributed by atoms with Gasteiger partial charge in [-0.2, -0.15) is 5.10 Å². The van der Waals surface area contributed by atoms with Crippen LogP contribution in [0.2, 0.25) is 5.02 Å². The molecule has 1 aliphatic rings. The summed E-state index contributed by atoms with van der Waals surface area (Å²) in [5, 5.41) is 30.8. The van der Waals surface area contributed by atoms with E-state index in [1.54, 1.807) is 32.0 Å². The zero-order valence-corrected chi connectivity index (χ0v) is 22.5. The third kappa shape index (κ3) is 5.58. The first-order chi connectivity index (χ1) is 17.9. The van der Waals surface area contributed by atoms with Crippen molar-refractivity contribution in [2.24, 2.45) is 5.41 Å². The van der Waals surface area contributed by atoms with E-state index in [1.165, 1.54) is 13.0 Å². The van der Waals surface area contributed by atoms with E-state index in [1.807, 2.05) is 6.92 Å². The van der Waals surface area contributed by atoms with E-state index in [4.69, 9.17) is 11.6 Å². The lowest BCUT2D eigenvalue weighted by molar-refractivity contribution is -0.162. The number of carbonyl (C=O) groups excluding carboxylic acids is 1. The normalized spacial score (nSPS) is 20.2. The van der Waals surface area contributed by atoms with Gasteiger partial charge in [-0.1, -0.05) is 23.7 Å². The van der Waals surface area contributed by atoms with Crippen LogP contribution in [0.1, 0.15) is 59.6 Å². The molecule has 1 aromatic carbocycles. The van der Waals surface area contributed by atoms with Gasteiger partial charge in [-0.15, -0.1) is 0 Å². The second-order valence-corrected chi connectivity index (χ2v) is 10.6. The summed E-state index contributed by atoms with van der Waals surface area (Å²) in [6.45, 7) is 7.42. The molecule has 38 heavy (non-hydrogen) atoms. The van der Waals surface area contributed by atoms with Gasteiger partial charge in [0, 0.05) is 47.4 Å². The van der Waals surface area contributed by atoms with E-state index in [2.05, 4.69) is 25.4 Å². The molecule has 2 atom stereocenters. The van der Waals surface area contributed by atoms with Gasteiger partial charge in [0.1, 0.15) is 5.82 Å². The molecule has 3 heterocycles. The number of piperidine rings is 1. The number of aromatic nitrogens is 3. The van der Waals surface area contributed by atoms with Crippen LogP contribution >= 0.6 is 11.6 Å². The molecule has 11 heteroatoms. The summed E-state index contributed by atoms with van der Waals surface area (Å²) >= 11 is 5.94. The van der Waals surface area contributed by atoms with Crippen molar-refractivity contribution in [3.05, 3.63) is 69.0 Å². The first kappa shape index (κ1) is 28.1. The molecule has 0 radical (unpaired) electrons. The van der Waals surface area contributed by atoms with E-state index in [9.17, 15) is 19.4 Å². The standard InChI is InChI=1S/C27H32ClF2N5O3/c1-14-10-21(34-33-14)32-25-24(30)22(17(4)36)16(3)20(31-25)12-27(26(37)38)8-9-35(15(2)11-27)13-18-6-5-7-19(28)23(18)29/h5-7,10,15,26,37-38H,8-9,11-13H2,1-4H3,(H2,31,32,33,34)/t15-,27-/m1/s1. The zero-order valence-electron chi connectivity index (χ0n) is 21.8. The number of aromatic amines is 1. The third-order valence-electron chi connectivity index (χ3n) is 7.48. The molecule has 0 aliphatic carbocycles. The average molecular weight is 548 g/mol. The van der Waals surface area contributed by atoms with Gasteiger partial charge in [0.25, 0.3) is 0 Å². The van der Waals surface area contributed by atoms with E-state index < -0.39 is 29.1 Å². The molecule has 0 amide bonds. The number of hydrogen-bond donors (Lipinski definition) is 4. The summed E-state index contributed by atoms with van der Waals surface area (Å²) in [5.41, 5.74) is 0.859. The molecule has 1 fully saturated rings. The topological polar surface area (TPSA) is 114 Å². The van der Waals surface area contributed by atoms with Crippen molar-refractivity contribution in [2.75, 3.05) is 11.9 Å². The lowest BCUT2D eigenvalue weighted by Gasteiger charge is -2.46. The molecule has 204 valence electrons. The molecule has 0 bridgehead atoms.